The van der Waals surface area contributed by atoms with E-state index in [4.69, 9.17) is 10.8 Å². The number of amides is 3. The van der Waals surface area contributed by atoms with Gasteiger partial charge in [0, 0.05) is 0 Å². The van der Waals surface area contributed by atoms with Gasteiger partial charge >= 0.3 is 12.0 Å². The molecule has 1 rings (SSSR count). The highest BCUT2D eigenvalue weighted by Crippen LogP contribution is 2.16. The van der Waals surface area contributed by atoms with Gasteiger partial charge in [-0.05, 0) is 25.9 Å². The summed E-state index contributed by atoms with van der Waals surface area (Å²) in [5.41, 5.74) is 4.79. The monoisotopic (exact) mass is 229 g/mol. The highest BCUT2D eigenvalue weighted by Gasteiger charge is 2.25. The van der Waals surface area contributed by atoms with Crippen molar-refractivity contribution in [2.75, 3.05) is 19.6 Å². The number of urea groups is 1. The lowest BCUT2D eigenvalue weighted by molar-refractivity contribution is -0.143. The molecule has 0 spiro atoms. The SMILES string of the molecule is NC(=O)NC(=O)CN1CCC(C(=O)O)CC1. The molecule has 7 heteroatoms. The van der Waals surface area contributed by atoms with Crippen LogP contribution in [0.25, 0.3) is 0 Å². The van der Waals surface area contributed by atoms with Gasteiger partial charge in [-0.3, -0.25) is 19.8 Å². The number of carboxylic acids is 1. The van der Waals surface area contributed by atoms with Gasteiger partial charge in [-0.15, -0.1) is 0 Å². The van der Waals surface area contributed by atoms with Gasteiger partial charge in [0.15, 0.2) is 0 Å². The second kappa shape index (κ2) is 5.45. The Morgan fingerprint density at radius 3 is 2.31 bits per heavy atom. The minimum Gasteiger partial charge on any atom is -0.481 e. The fraction of sp³-hybridized carbons (Fsp3) is 0.667. The first-order valence-corrected chi connectivity index (χ1v) is 5.03. The van der Waals surface area contributed by atoms with E-state index < -0.39 is 17.9 Å². The molecule has 16 heavy (non-hydrogen) atoms. The minimum absolute atomic E-state index is 0.0786. The van der Waals surface area contributed by atoms with Gasteiger partial charge in [-0.1, -0.05) is 0 Å². The van der Waals surface area contributed by atoms with Gasteiger partial charge in [0.25, 0.3) is 0 Å². The van der Waals surface area contributed by atoms with Crippen LogP contribution in [0.1, 0.15) is 12.8 Å². The van der Waals surface area contributed by atoms with Crippen molar-refractivity contribution in [3.63, 3.8) is 0 Å². The third-order valence-electron chi connectivity index (χ3n) is 2.57. The summed E-state index contributed by atoms with van der Waals surface area (Å²) >= 11 is 0. The number of hydrogen-bond acceptors (Lipinski definition) is 4. The molecule has 1 saturated heterocycles. The number of carbonyl (C=O) groups excluding carboxylic acids is 2. The molecule has 1 fully saturated rings. The lowest BCUT2D eigenvalue weighted by atomic mass is 9.97. The predicted molar refractivity (Wildman–Crippen MR) is 54.5 cm³/mol. The summed E-state index contributed by atoms with van der Waals surface area (Å²) in [4.78, 5) is 34.0. The molecule has 90 valence electrons. The maximum atomic E-state index is 11.2. The Bertz CT molecular complexity index is 297. The summed E-state index contributed by atoms with van der Waals surface area (Å²) in [6.45, 7) is 1.17. The number of primary amides is 1. The molecule has 0 aromatic rings. The van der Waals surface area contributed by atoms with E-state index >= 15 is 0 Å². The third kappa shape index (κ3) is 3.85. The maximum absolute atomic E-state index is 11.2. The number of likely N-dealkylation sites (tertiary alicyclic amines) is 1. The Balaban J connectivity index is 2.29. The molecule has 1 aliphatic heterocycles. The molecule has 0 saturated carbocycles. The summed E-state index contributed by atoms with van der Waals surface area (Å²) < 4.78 is 0. The van der Waals surface area contributed by atoms with Crippen molar-refractivity contribution in [2.24, 2.45) is 11.7 Å². The zero-order valence-corrected chi connectivity index (χ0v) is 8.81. The zero-order chi connectivity index (χ0) is 12.1. The van der Waals surface area contributed by atoms with Gasteiger partial charge in [0.2, 0.25) is 5.91 Å². The molecule has 0 bridgehead atoms. The zero-order valence-electron chi connectivity index (χ0n) is 8.81. The van der Waals surface area contributed by atoms with Gasteiger partial charge in [-0.2, -0.15) is 0 Å². The summed E-state index contributed by atoms with van der Waals surface area (Å²) in [5, 5.41) is 10.7. The van der Waals surface area contributed by atoms with Crippen LogP contribution in [0.15, 0.2) is 0 Å². The molecular formula is C9H15N3O4. The summed E-state index contributed by atoms with van der Waals surface area (Å²) in [5.74, 6) is -1.57. The number of piperidine rings is 1. The number of hydrogen-bond donors (Lipinski definition) is 3. The quantitative estimate of drug-likeness (QED) is 0.573. The number of imide groups is 1. The van der Waals surface area contributed by atoms with Gasteiger partial charge in [0.05, 0.1) is 12.5 Å². The fourth-order valence-electron chi connectivity index (χ4n) is 1.72. The number of rotatable bonds is 3. The number of nitrogens with one attached hydrogen (secondary N) is 1. The summed E-state index contributed by atoms with van der Waals surface area (Å²) in [6.07, 6.45) is 1.05. The Morgan fingerprint density at radius 1 is 1.31 bits per heavy atom. The van der Waals surface area contributed by atoms with E-state index in [2.05, 4.69) is 0 Å². The van der Waals surface area contributed by atoms with Crippen LogP contribution in [0.4, 0.5) is 4.79 Å². The molecular weight excluding hydrogens is 214 g/mol. The Kier molecular flexibility index (Phi) is 4.24. The molecule has 0 atom stereocenters. The lowest BCUT2D eigenvalue weighted by Crippen LogP contribution is -2.45. The smallest absolute Gasteiger partial charge is 0.318 e. The van der Waals surface area contributed by atoms with Crippen LogP contribution in [-0.4, -0.2) is 47.5 Å². The van der Waals surface area contributed by atoms with Crippen LogP contribution in [0, 0.1) is 5.92 Å². The predicted octanol–water partition coefficient (Wildman–Crippen LogP) is -1.02. The molecule has 0 unspecified atom stereocenters. The van der Waals surface area contributed by atoms with Crippen LogP contribution >= 0.6 is 0 Å². The third-order valence-corrected chi connectivity index (χ3v) is 2.57. The minimum atomic E-state index is -0.870. The molecule has 1 heterocycles. The highest BCUT2D eigenvalue weighted by molar-refractivity contribution is 5.94. The maximum Gasteiger partial charge on any atom is 0.318 e. The average molecular weight is 229 g/mol. The van der Waals surface area contributed by atoms with E-state index in [-0.39, 0.29) is 12.5 Å². The van der Waals surface area contributed by atoms with Crippen molar-refractivity contribution in [3.05, 3.63) is 0 Å². The van der Waals surface area contributed by atoms with Crippen LogP contribution in [0.5, 0.6) is 0 Å². The number of carboxylic acid groups (broad SMARTS) is 1. The van der Waals surface area contributed by atoms with Crippen LogP contribution < -0.4 is 11.1 Å². The van der Waals surface area contributed by atoms with E-state index in [1.165, 1.54) is 0 Å². The average Bonchev–Trinajstić information content (AvgIpc) is 2.16. The molecule has 0 aliphatic carbocycles. The molecule has 4 N–H and O–H groups in total. The van der Waals surface area contributed by atoms with Gasteiger partial charge in [-0.25, -0.2) is 4.79 Å². The van der Waals surface area contributed by atoms with E-state index in [1.807, 2.05) is 5.32 Å². The van der Waals surface area contributed by atoms with Gasteiger partial charge in [0.1, 0.15) is 0 Å². The first-order chi connectivity index (χ1) is 7.49. The van der Waals surface area contributed by atoms with Crippen molar-refractivity contribution >= 4 is 17.9 Å². The van der Waals surface area contributed by atoms with Crippen LogP contribution in [-0.2, 0) is 9.59 Å². The summed E-state index contributed by atoms with van der Waals surface area (Å²) in [7, 11) is 0. The normalized spacial score (nSPS) is 18.0. The summed E-state index contributed by atoms with van der Waals surface area (Å²) in [6, 6.07) is -0.870. The van der Waals surface area contributed by atoms with E-state index in [0.29, 0.717) is 25.9 Å². The number of carbonyl (C=O) groups is 3. The molecule has 0 aromatic heterocycles. The first kappa shape index (κ1) is 12.4. The Labute approximate surface area is 92.6 Å². The molecule has 3 amide bonds. The fourth-order valence-corrected chi connectivity index (χ4v) is 1.72. The van der Waals surface area contributed by atoms with E-state index in [9.17, 15) is 14.4 Å². The molecule has 7 nitrogen and oxygen atoms in total. The number of nitrogens with zero attached hydrogens (tertiary/aromatic N) is 1. The highest BCUT2D eigenvalue weighted by atomic mass is 16.4. The first-order valence-electron chi connectivity index (χ1n) is 5.03. The van der Waals surface area contributed by atoms with Crippen molar-refractivity contribution in [1.29, 1.82) is 0 Å². The van der Waals surface area contributed by atoms with Crippen molar-refractivity contribution in [2.45, 2.75) is 12.8 Å². The van der Waals surface area contributed by atoms with Crippen molar-refractivity contribution in [3.8, 4) is 0 Å². The molecule has 1 aliphatic rings. The van der Waals surface area contributed by atoms with E-state index in [1.54, 1.807) is 4.90 Å². The van der Waals surface area contributed by atoms with Crippen LogP contribution in [0.3, 0.4) is 0 Å². The largest absolute Gasteiger partial charge is 0.481 e. The van der Waals surface area contributed by atoms with E-state index in [0.717, 1.165) is 0 Å². The topological polar surface area (TPSA) is 113 Å². The Morgan fingerprint density at radius 2 is 1.88 bits per heavy atom. The van der Waals surface area contributed by atoms with Crippen LogP contribution in [0.2, 0.25) is 0 Å². The van der Waals surface area contributed by atoms with Gasteiger partial charge < -0.3 is 10.8 Å². The standard InChI is InChI=1S/C9H15N3O4/c10-9(16)11-7(13)5-12-3-1-6(2-4-12)8(14)15/h6H,1-5H2,(H,14,15)(H3,10,11,13,16). The lowest BCUT2D eigenvalue weighted by Gasteiger charge is -2.29. The Hall–Kier alpha value is -1.63. The van der Waals surface area contributed by atoms with Crippen molar-refractivity contribution < 1.29 is 19.5 Å². The second-order valence-corrected chi connectivity index (χ2v) is 3.80. The van der Waals surface area contributed by atoms with Crippen molar-refractivity contribution in [1.82, 2.24) is 10.2 Å². The number of aliphatic carboxylic acids is 1. The second-order valence-electron chi connectivity index (χ2n) is 3.80. The molecule has 0 aromatic carbocycles. The number of nitrogens with two attached hydrogens (primary N) is 1. The molecule has 0 radical (unpaired) electrons.